The summed E-state index contributed by atoms with van der Waals surface area (Å²) in [6.07, 6.45) is 0.846. The third-order valence-electron chi connectivity index (χ3n) is 5.96. The third-order valence-corrected chi connectivity index (χ3v) is 6.24. The van der Waals surface area contributed by atoms with E-state index in [1.165, 1.54) is 6.33 Å². The first kappa shape index (κ1) is 21.0. The first-order valence-corrected chi connectivity index (χ1v) is 10.1. The number of nitrogen functional groups attached to an aromatic ring is 1. The Morgan fingerprint density at radius 2 is 1.90 bits per heavy atom. The van der Waals surface area contributed by atoms with Gasteiger partial charge in [0.05, 0.1) is 10.6 Å². The van der Waals surface area contributed by atoms with Crippen molar-refractivity contribution < 1.29 is 13.2 Å². The second-order valence-corrected chi connectivity index (χ2v) is 9.89. The standard InChI is InChI=1S/C20H24ClF3N6/c1-18(2)5-12-6-19(3,8-18)9-30(12)17-14(25)16(27-10-28-17)29-15-13(21)4-11(7-26-15)20(22,23)24/h4,7,10,12H,5-6,8-9,25H2,1-3H3,(H,26,27,28,29). The van der Waals surface area contributed by atoms with Crippen LogP contribution in [-0.2, 0) is 6.18 Å². The van der Waals surface area contributed by atoms with Gasteiger partial charge in [-0.15, -0.1) is 0 Å². The largest absolute Gasteiger partial charge is 0.417 e. The summed E-state index contributed by atoms with van der Waals surface area (Å²) in [6, 6.07) is 1.15. The minimum Gasteiger partial charge on any atom is -0.393 e. The van der Waals surface area contributed by atoms with Gasteiger partial charge in [-0.2, -0.15) is 13.2 Å². The second kappa shape index (κ2) is 6.87. The molecule has 1 aliphatic carbocycles. The summed E-state index contributed by atoms with van der Waals surface area (Å²) in [4.78, 5) is 14.6. The molecule has 0 aromatic carbocycles. The number of pyridine rings is 1. The number of hydrogen-bond donors (Lipinski definition) is 2. The maximum absolute atomic E-state index is 12.8. The molecule has 0 spiro atoms. The monoisotopic (exact) mass is 440 g/mol. The number of anilines is 4. The molecule has 4 rings (SSSR count). The number of nitrogens with zero attached hydrogens (tertiary/aromatic N) is 4. The number of hydrogen-bond acceptors (Lipinski definition) is 6. The van der Waals surface area contributed by atoms with E-state index < -0.39 is 11.7 Å². The van der Waals surface area contributed by atoms with Crippen molar-refractivity contribution in [3.63, 3.8) is 0 Å². The maximum atomic E-state index is 12.8. The number of halogens is 4. The smallest absolute Gasteiger partial charge is 0.393 e. The molecule has 0 radical (unpaired) electrons. The Morgan fingerprint density at radius 3 is 2.57 bits per heavy atom. The van der Waals surface area contributed by atoms with Gasteiger partial charge in [0.15, 0.2) is 11.6 Å². The Hall–Kier alpha value is -2.29. The molecule has 2 unspecified atom stereocenters. The van der Waals surface area contributed by atoms with Crippen LogP contribution >= 0.6 is 11.6 Å². The highest BCUT2D eigenvalue weighted by molar-refractivity contribution is 6.33. The van der Waals surface area contributed by atoms with E-state index in [9.17, 15) is 13.2 Å². The summed E-state index contributed by atoms with van der Waals surface area (Å²) < 4.78 is 38.5. The SMILES string of the molecule is CC1(C)CC2CC(C)(CN2c2ncnc(Nc3ncc(C(F)(F)F)cc3Cl)c2N)C1. The van der Waals surface area contributed by atoms with Crippen molar-refractivity contribution in [3.05, 3.63) is 29.2 Å². The van der Waals surface area contributed by atoms with E-state index in [0.717, 1.165) is 38.1 Å². The van der Waals surface area contributed by atoms with Crippen molar-refractivity contribution >= 4 is 34.7 Å². The van der Waals surface area contributed by atoms with Gasteiger partial charge in [-0.25, -0.2) is 15.0 Å². The fourth-order valence-electron chi connectivity index (χ4n) is 5.22. The molecule has 1 saturated heterocycles. The first-order valence-electron chi connectivity index (χ1n) is 9.74. The molecule has 6 nitrogen and oxygen atoms in total. The van der Waals surface area contributed by atoms with Crippen LogP contribution in [0.2, 0.25) is 5.02 Å². The van der Waals surface area contributed by atoms with E-state index in [2.05, 4.69) is 45.9 Å². The third kappa shape index (κ3) is 3.87. The van der Waals surface area contributed by atoms with Crippen LogP contribution in [0, 0.1) is 10.8 Å². The van der Waals surface area contributed by atoms with Crippen molar-refractivity contribution in [2.75, 3.05) is 22.5 Å². The Bertz CT molecular complexity index is 979. The molecule has 2 fully saturated rings. The molecule has 2 aromatic rings. The molecule has 2 atom stereocenters. The molecule has 10 heteroatoms. The van der Waals surface area contributed by atoms with Crippen LogP contribution in [0.1, 0.15) is 45.6 Å². The zero-order valence-corrected chi connectivity index (χ0v) is 17.8. The summed E-state index contributed by atoms with van der Waals surface area (Å²) in [6.45, 7) is 7.72. The Balaban J connectivity index is 1.62. The minimum atomic E-state index is -4.52. The quantitative estimate of drug-likeness (QED) is 0.676. The Labute approximate surface area is 178 Å². The summed E-state index contributed by atoms with van der Waals surface area (Å²) >= 11 is 6.01. The number of aromatic nitrogens is 3. The van der Waals surface area contributed by atoms with Crippen molar-refractivity contribution in [1.82, 2.24) is 15.0 Å². The van der Waals surface area contributed by atoms with Crippen molar-refractivity contribution in [2.45, 2.75) is 52.3 Å². The van der Waals surface area contributed by atoms with E-state index >= 15 is 0 Å². The highest BCUT2D eigenvalue weighted by Gasteiger charge is 2.50. The van der Waals surface area contributed by atoms with E-state index in [-0.39, 0.29) is 27.5 Å². The van der Waals surface area contributed by atoms with Crippen LogP contribution in [0.4, 0.5) is 36.3 Å². The predicted molar refractivity (Wildman–Crippen MR) is 111 cm³/mol. The van der Waals surface area contributed by atoms with Gasteiger partial charge in [-0.1, -0.05) is 32.4 Å². The van der Waals surface area contributed by atoms with Gasteiger partial charge in [0.25, 0.3) is 0 Å². The zero-order valence-electron chi connectivity index (χ0n) is 17.0. The first-order chi connectivity index (χ1) is 13.9. The molecule has 2 aliphatic rings. The number of fused-ring (bicyclic) bond motifs is 2. The minimum absolute atomic E-state index is 0.0503. The molecule has 2 aromatic heterocycles. The summed E-state index contributed by atoms with van der Waals surface area (Å²) in [5, 5.41) is 2.68. The van der Waals surface area contributed by atoms with Crippen LogP contribution in [0.25, 0.3) is 0 Å². The van der Waals surface area contributed by atoms with E-state index in [4.69, 9.17) is 17.3 Å². The molecule has 1 aliphatic heterocycles. The summed E-state index contributed by atoms with van der Waals surface area (Å²) in [5.74, 6) is 0.941. The van der Waals surface area contributed by atoms with Gasteiger partial charge in [-0.05, 0) is 36.2 Å². The van der Waals surface area contributed by atoms with E-state index in [0.29, 0.717) is 17.5 Å². The molecule has 3 N–H and O–H groups in total. The van der Waals surface area contributed by atoms with Crippen LogP contribution in [0.15, 0.2) is 18.6 Å². The second-order valence-electron chi connectivity index (χ2n) is 9.48. The lowest BCUT2D eigenvalue weighted by atomic mass is 9.65. The molecule has 1 saturated carbocycles. The number of nitrogens with two attached hydrogens (primary N) is 1. The summed E-state index contributed by atoms with van der Waals surface area (Å²) in [7, 11) is 0. The van der Waals surface area contributed by atoms with Gasteiger partial charge in [0, 0.05) is 18.8 Å². The average molecular weight is 441 g/mol. The zero-order chi connectivity index (χ0) is 21.9. The molecule has 2 bridgehead atoms. The fraction of sp³-hybridized carbons (Fsp3) is 0.550. The average Bonchev–Trinajstić information content (AvgIpc) is 2.86. The highest BCUT2D eigenvalue weighted by atomic mass is 35.5. The number of rotatable bonds is 3. The Morgan fingerprint density at radius 1 is 1.17 bits per heavy atom. The van der Waals surface area contributed by atoms with Gasteiger partial charge in [0.2, 0.25) is 0 Å². The molecule has 0 amide bonds. The van der Waals surface area contributed by atoms with Crippen molar-refractivity contribution in [1.29, 1.82) is 0 Å². The van der Waals surface area contributed by atoms with Gasteiger partial charge in [0.1, 0.15) is 17.8 Å². The molecule has 30 heavy (non-hydrogen) atoms. The molecular weight excluding hydrogens is 417 g/mol. The molecule has 162 valence electrons. The van der Waals surface area contributed by atoms with Crippen LogP contribution < -0.4 is 16.0 Å². The van der Waals surface area contributed by atoms with E-state index in [1.807, 2.05) is 0 Å². The predicted octanol–water partition coefficient (Wildman–Crippen LogP) is 5.27. The van der Waals surface area contributed by atoms with Crippen LogP contribution in [0.3, 0.4) is 0 Å². The van der Waals surface area contributed by atoms with Crippen molar-refractivity contribution in [3.8, 4) is 0 Å². The van der Waals surface area contributed by atoms with Crippen LogP contribution in [0.5, 0.6) is 0 Å². The summed E-state index contributed by atoms with van der Waals surface area (Å²) in [5.41, 5.74) is 6.21. The lowest BCUT2D eigenvalue weighted by molar-refractivity contribution is -0.137. The lowest BCUT2D eigenvalue weighted by Crippen LogP contribution is -2.35. The topological polar surface area (TPSA) is 80.0 Å². The van der Waals surface area contributed by atoms with Crippen molar-refractivity contribution in [2.24, 2.45) is 10.8 Å². The fourth-order valence-corrected chi connectivity index (χ4v) is 5.43. The van der Waals surface area contributed by atoms with Gasteiger partial charge < -0.3 is 16.0 Å². The van der Waals surface area contributed by atoms with Gasteiger partial charge >= 0.3 is 6.18 Å². The normalized spacial score (nSPS) is 25.4. The molecule has 3 heterocycles. The van der Waals surface area contributed by atoms with Crippen LogP contribution in [-0.4, -0.2) is 27.5 Å². The van der Waals surface area contributed by atoms with Gasteiger partial charge in [-0.3, -0.25) is 0 Å². The lowest BCUT2D eigenvalue weighted by Gasteiger charge is -2.39. The maximum Gasteiger partial charge on any atom is 0.417 e. The molecular formula is C20H24ClF3N6. The highest BCUT2D eigenvalue weighted by Crippen LogP contribution is 2.54. The number of nitrogens with one attached hydrogen (secondary N) is 1. The van der Waals surface area contributed by atoms with E-state index in [1.54, 1.807) is 0 Å². The number of alkyl halides is 3. The Kier molecular flexibility index (Phi) is 4.80.